The van der Waals surface area contributed by atoms with E-state index in [0.717, 1.165) is 38.0 Å². The van der Waals surface area contributed by atoms with Gasteiger partial charge in [0.2, 0.25) is 0 Å². The summed E-state index contributed by atoms with van der Waals surface area (Å²) < 4.78 is 18.9. The van der Waals surface area contributed by atoms with E-state index in [9.17, 15) is 9.18 Å². The molecule has 1 aliphatic rings. The first kappa shape index (κ1) is 14.0. The van der Waals surface area contributed by atoms with Crippen LogP contribution in [0, 0.1) is 18.7 Å². The van der Waals surface area contributed by atoms with Crippen LogP contribution in [0.15, 0.2) is 18.2 Å². The standard InChI is InChI=1S/C15H20FNO2/c1-11-2-3-13(14(16)10-11)15(18)17-7-4-12-5-8-19-9-6-12/h2-3,10,12H,4-9H2,1H3,(H,17,18). The van der Waals surface area contributed by atoms with Crippen LogP contribution in [-0.4, -0.2) is 25.7 Å². The molecule has 0 saturated carbocycles. The van der Waals surface area contributed by atoms with Gasteiger partial charge in [-0.25, -0.2) is 4.39 Å². The highest BCUT2D eigenvalue weighted by Gasteiger charge is 2.15. The average Bonchev–Trinajstić information content (AvgIpc) is 2.39. The molecule has 4 heteroatoms. The van der Waals surface area contributed by atoms with E-state index >= 15 is 0 Å². The van der Waals surface area contributed by atoms with Crippen molar-refractivity contribution in [3.05, 3.63) is 35.1 Å². The summed E-state index contributed by atoms with van der Waals surface area (Å²) in [6, 6.07) is 4.66. The molecule has 0 aromatic heterocycles. The summed E-state index contributed by atoms with van der Waals surface area (Å²) in [7, 11) is 0. The quantitative estimate of drug-likeness (QED) is 0.909. The number of carbonyl (C=O) groups excluding carboxylic acids is 1. The van der Waals surface area contributed by atoms with Gasteiger partial charge in [0.15, 0.2) is 0 Å². The summed E-state index contributed by atoms with van der Waals surface area (Å²) in [6.07, 6.45) is 3.03. The molecule has 0 unspecified atom stereocenters. The molecule has 1 amide bonds. The van der Waals surface area contributed by atoms with Crippen LogP contribution in [0.2, 0.25) is 0 Å². The summed E-state index contributed by atoms with van der Waals surface area (Å²) in [5.74, 6) is -0.176. The molecule has 2 rings (SSSR count). The van der Waals surface area contributed by atoms with Crippen LogP contribution in [0.5, 0.6) is 0 Å². The van der Waals surface area contributed by atoms with Gasteiger partial charge in [-0.2, -0.15) is 0 Å². The van der Waals surface area contributed by atoms with Crippen molar-refractivity contribution in [1.29, 1.82) is 0 Å². The predicted molar refractivity (Wildman–Crippen MR) is 71.6 cm³/mol. The topological polar surface area (TPSA) is 38.3 Å². The van der Waals surface area contributed by atoms with Gasteiger partial charge in [0.25, 0.3) is 5.91 Å². The van der Waals surface area contributed by atoms with Crippen LogP contribution in [0.3, 0.4) is 0 Å². The van der Waals surface area contributed by atoms with E-state index < -0.39 is 5.82 Å². The molecule has 0 spiro atoms. The molecular weight excluding hydrogens is 245 g/mol. The number of carbonyl (C=O) groups is 1. The molecule has 0 aliphatic carbocycles. The highest BCUT2D eigenvalue weighted by atomic mass is 19.1. The van der Waals surface area contributed by atoms with Crippen molar-refractivity contribution in [3.63, 3.8) is 0 Å². The highest BCUT2D eigenvalue weighted by Crippen LogP contribution is 2.17. The van der Waals surface area contributed by atoms with Crippen molar-refractivity contribution in [2.75, 3.05) is 19.8 Å². The molecule has 0 bridgehead atoms. The zero-order chi connectivity index (χ0) is 13.7. The van der Waals surface area contributed by atoms with Gasteiger partial charge in [-0.15, -0.1) is 0 Å². The summed E-state index contributed by atoms with van der Waals surface area (Å²) in [6.45, 7) is 4.02. The summed E-state index contributed by atoms with van der Waals surface area (Å²) in [5.41, 5.74) is 0.939. The zero-order valence-electron chi connectivity index (χ0n) is 11.2. The number of hydrogen-bond donors (Lipinski definition) is 1. The minimum absolute atomic E-state index is 0.123. The molecule has 1 saturated heterocycles. The maximum atomic E-state index is 13.6. The zero-order valence-corrected chi connectivity index (χ0v) is 11.2. The molecule has 1 heterocycles. The van der Waals surface area contributed by atoms with Gasteiger partial charge in [0.1, 0.15) is 5.82 Å². The number of ether oxygens (including phenoxy) is 1. The van der Waals surface area contributed by atoms with Gasteiger partial charge in [0, 0.05) is 19.8 Å². The van der Waals surface area contributed by atoms with Gasteiger partial charge < -0.3 is 10.1 Å². The fourth-order valence-corrected chi connectivity index (χ4v) is 2.32. The van der Waals surface area contributed by atoms with Crippen molar-refractivity contribution in [1.82, 2.24) is 5.32 Å². The van der Waals surface area contributed by atoms with Gasteiger partial charge in [-0.1, -0.05) is 6.07 Å². The third kappa shape index (κ3) is 4.03. The fraction of sp³-hybridized carbons (Fsp3) is 0.533. The van der Waals surface area contributed by atoms with Gasteiger partial charge >= 0.3 is 0 Å². The van der Waals surface area contributed by atoms with E-state index in [1.54, 1.807) is 13.0 Å². The maximum absolute atomic E-state index is 13.6. The molecule has 19 heavy (non-hydrogen) atoms. The highest BCUT2D eigenvalue weighted by molar-refractivity contribution is 5.94. The Bertz CT molecular complexity index is 442. The van der Waals surface area contributed by atoms with E-state index in [4.69, 9.17) is 4.74 Å². The summed E-state index contributed by atoms with van der Waals surface area (Å²) >= 11 is 0. The maximum Gasteiger partial charge on any atom is 0.254 e. The van der Waals surface area contributed by atoms with Crippen LogP contribution >= 0.6 is 0 Å². The van der Waals surface area contributed by atoms with Crippen LogP contribution in [0.1, 0.15) is 35.2 Å². The van der Waals surface area contributed by atoms with Crippen LogP contribution in [0.25, 0.3) is 0 Å². The Morgan fingerprint density at radius 1 is 1.42 bits per heavy atom. The van der Waals surface area contributed by atoms with Crippen LogP contribution in [0.4, 0.5) is 4.39 Å². The lowest BCUT2D eigenvalue weighted by Crippen LogP contribution is -2.28. The first-order valence-electron chi connectivity index (χ1n) is 6.79. The molecular formula is C15H20FNO2. The second-order valence-corrected chi connectivity index (χ2v) is 5.08. The van der Waals surface area contributed by atoms with E-state index in [2.05, 4.69) is 5.32 Å². The van der Waals surface area contributed by atoms with Crippen molar-refractivity contribution in [2.45, 2.75) is 26.2 Å². The second kappa shape index (κ2) is 6.66. The summed E-state index contributed by atoms with van der Waals surface area (Å²) in [5, 5.41) is 2.79. The molecule has 104 valence electrons. The fourth-order valence-electron chi connectivity index (χ4n) is 2.32. The monoisotopic (exact) mass is 265 g/mol. The Labute approximate surface area is 113 Å². The van der Waals surface area contributed by atoms with Crippen molar-refractivity contribution < 1.29 is 13.9 Å². The number of aryl methyl sites for hydroxylation is 1. The second-order valence-electron chi connectivity index (χ2n) is 5.08. The van der Waals surface area contributed by atoms with E-state index in [1.165, 1.54) is 12.1 Å². The number of halogens is 1. The lowest BCUT2D eigenvalue weighted by atomic mass is 9.96. The van der Waals surface area contributed by atoms with Gasteiger partial charge in [0.05, 0.1) is 5.56 Å². The Kier molecular flexibility index (Phi) is 4.91. The number of nitrogens with one attached hydrogen (secondary N) is 1. The van der Waals surface area contributed by atoms with E-state index in [1.807, 2.05) is 0 Å². The number of benzene rings is 1. The molecule has 1 aromatic carbocycles. The molecule has 1 N–H and O–H groups in total. The minimum Gasteiger partial charge on any atom is -0.381 e. The largest absolute Gasteiger partial charge is 0.381 e. The van der Waals surface area contributed by atoms with Crippen LogP contribution in [-0.2, 0) is 4.74 Å². The molecule has 0 radical (unpaired) electrons. The molecule has 3 nitrogen and oxygen atoms in total. The van der Waals surface area contributed by atoms with Crippen molar-refractivity contribution in [3.8, 4) is 0 Å². The van der Waals surface area contributed by atoms with E-state index in [0.29, 0.717) is 12.5 Å². The summed E-state index contributed by atoms with van der Waals surface area (Å²) in [4.78, 5) is 11.8. The van der Waals surface area contributed by atoms with Crippen molar-refractivity contribution in [2.24, 2.45) is 5.92 Å². The SMILES string of the molecule is Cc1ccc(C(=O)NCCC2CCOCC2)c(F)c1. The first-order chi connectivity index (χ1) is 9.16. The third-order valence-electron chi connectivity index (χ3n) is 3.55. The Hall–Kier alpha value is -1.42. The number of hydrogen-bond acceptors (Lipinski definition) is 2. The normalized spacial score (nSPS) is 16.3. The lowest BCUT2D eigenvalue weighted by molar-refractivity contribution is 0.0636. The number of amides is 1. The predicted octanol–water partition coefficient (Wildman–Crippen LogP) is 2.68. The Morgan fingerprint density at radius 2 is 2.16 bits per heavy atom. The van der Waals surface area contributed by atoms with Gasteiger partial charge in [-0.05, 0) is 49.8 Å². The van der Waals surface area contributed by atoms with Gasteiger partial charge in [-0.3, -0.25) is 4.79 Å². The average molecular weight is 265 g/mol. The minimum atomic E-state index is -0.455. The Balaban J connectivity index is 1.80. The molecule has 1 fully saturated rings. The van der Waals surface area contributed by atoms with E-state index in [-0.39, 0.29) is 11.5 Å². The molecule has 1 aromatic rings. The number of rotatable bonds is 4. The molecule has 0 atom stereocenters. The smallest absolute Gasteiger partial charge is 0.254 e. The lowest BCUT2D eigenvalue weighted by Gasteiger charge is -2.21. The third-order valence-corrected chi connectivity index (χ3v) is 3.55. The van der Waals surface area contributed by atoms with Crippen molar-refractivity contribution >= 4 is 5.91 Å². The first-order valence-corrected chi connectivity index (χ1v) is 6.79. The Morgan fingerprint density at radius 3 is 2.84 bits per heavy atom. The molecule has 1 aliphatic heterocycles. The van der Waals surface area contributed by atoms with Crippen LogP contribution < -0.4 is 5.32 Å².